The van der Waals surface area contributed by atoms with Gasteiger partial charge in [-0.05, 0) is 27.9 Å². The van der Waals surface area contributed by atoms with Crippen molar-refractivity contribution in [1.29, 1.82) is 0 Å². The Morgan fingerprint density at radius 3 is 2.79 bits per heavy atom. The number of rotatable bonds is 6. The standard InChI is InChI=1S/C12H19N5S2/c1-8(2)13-12-16-15-11(19-12)9-7-18-10(14-9)5-6-17(3)4/h7-8H,5-6H2,1-4H3,(H,13,16). The lowest BCUT2D eigenvalue weighted by atomic mass is 10.4. The second-order valence-corrected chi connectivity index (χ2v) is 6.81. The average molecular weight is 297 g/mol. The molecule has 0 saturated heterocycles. The SMILES string of the molecule is CC(C)Nc1nnc(-c2csc(CCN(C)C)n2)s1. The van der Waals surface area contributed by atoms with E-state index in [4.69, 9.17) is 0 Å². The van der Waals surface area contributed by atoms with Crippen LogP contribution in [0.2, 0.25) is 0 Å². The Hall–Kier alpha value is -1.05. The molecule has 7 heteroatoms. The predicted octanol–water partition coefficient (Wildman–Crippen LogP) is 2.59. The van der Waals surface area contributed by atoms with Crippen LogP contribution in [0.3, 0.4) is 0 Å². The molecule has 0 atom stereocenters. The van der Waals surface area contributed by atoms with E-state index < -0.39 is 0 Å². The fraction of sp³-hybridized carbons (Fsp3) is 0.583. The van der Waals surface area contributed by atoms with Crippen LogP contribution in [-0.2, 0) is 6.42 Å². The number of likely N-dealkylation sites (N-methyl/N-ethyl adjacent to an activating group) is 1. The molecule has 19 heavy (non-hydrogen) atoms. The largest absolute Gasteiger partial charge is 0.358 e. The number of aromatic nitrogens is 3. The molecule has 2 heterocycles. The first-order chi connectivity index (χ1) is 9.04. The minimum absolute atomic E-state index is 0.367. The molecule has 1 N–H and O–H groups in total. The maximum atomic E-state index is 4.62. The molecule has 0 aliphatic rings. The van der Waals surface area contributed by atoms with Gasteiger partial charge >= 0.3 is 0 Å². The first kappa shape index (κ1) is 14.4. The predicted molar refractivity (Wildman–Crippen MR) is 82.0 cm³/mol. The first-order valence-corrected chi connectivity index (χ1v) is 7.93. The third-order valence-electron chi connectivity index (χ3n) is 2.38. The van der Waals surface area contributed by atoms with Gasteiger partial charge in [-0.15, -0.1) is 21.5 Å². The van der Waals surface area contributed by atoms with Crippen molar-refractivity contribution in [3.05, 3.63) is 10.4 Å². The fourth-order valence-electron chi connectivity index (χ4n) is 1.48. The van der Waals surface area contributed by atoms with Crippen molar-refractivity contribution >= 4 is 27.8 Å². The van der Waals surface area contributed by atoms with Crippen molar-refractivity contribution < 1.29 is 0 Å². The zero-order chi connectivity index (χ0) is 13.8. The van der Waals surface area contributed by atoms with E-state index in [1.165, 1.54) is 0 Å². The Labute approximate surface area is 121 Å². The Balaban J connectivity index is 2.03. The van der Waals surface area contributed by atoms with E-state index in [1.807, 2.05) is 0 Å². The van der Waals surface area contributed by atoms with Crippen molar-refractivity contribution in [3.63, 3.8) is 0 Å². The molecule has 0 amide bonds. The summed E-state index contributed by atoms with van der Waals surface area (Å²) in [7, 11) is 4.15. The van der Waals surface area contributed by atoms with Crippen molar-refractivity contribution in [2.75, 3.05) is 26.0 Å². The highest BCUT2D eigenvalue weighted by atomic mass is 32.1. The molecule has 104 valence electrons. The van der Waals surface area contributed by atoms with Crippen molar-refractivity contribution in [1.82, 2.24) is 20.1 Å². The maximum absolute atomic E-state index is 4.62. The van der Waals surface area contributed by atoms with Crippen LogP contribution in [0.15, 0.2) is 5.38 Å². The molecular formula is C12H19N5S2. The van der Waals surface area contributed by atoms with E-state index in [1.54, 1.807) is 22.7 Å². The number of anilines is 1. The quantitative estimate of drug-likeness (QED) is 0.888. The van der Waals surface area contributed by atoms with E-state index in [9.17, 15) is 0 Å². The molecule has 5 nitrogen and oxygen atoms in total. The summed E-state index contributed by atoms with van der Waals surface area (Å²) >= 11 is 3.24. The lowest BCUT2D eigenvalue weighted by molar-refractivity contribution is 0.413. The molecule has 2 aromatic rings. The molecule has 0 radical (unpaired) electrons. The lowest BCUT2D eigenvalue weighted by Crippen LogP contribution is -2.14. The van der Waals surface area contributed by atoms with E-state index in [2.05, 4.69) is 58.7 Å². The van der Waals surface area contributed by atoms with Gasteiger partial charge in [0.05, 0.1) is 5.01 Å². The molecule has 0 aliphatic carbocycles. The summed E-state index contributed by atoms with van der Waals surface area (Å²) in [5.74, 6) is 0. The van der Waals surface area contributed by atoms with E-state index in [0.717, 1.165) is 33.8 Å². The zero-order valence-corrected chi connectivity index (χ0v) is 13.3. The molecule has 0 bridgehead atoms. The third-order valence-corrected chi connectivity index (χ3v) is 4.17. The molecule has 0 saturated carbocycles. The normalized spacial score (nSPS) is 11.5. The van der Waals surface area contributed by atoms with Crippen LogP contribution >= 0.6 is 22.7 Å². The van der Waals surface area contributed by atoms with Crippen LogP contribution in [0, 0.1) is 0 Å². The van der Waals surface area contributed by atoms with Gasteiger partial charge < -0.3 is 10.2 Å². The first-order valence-electron chi connectivity index (χ1n) is 6.24. The van der Waals surface area contributed by atoms with Gasteiger partial charge in [0, 0.05) is 24.4 Å². The highest BCUT2D eigenvalue weighted by Crippen LogP contribution is 2.27. The second kappa shape index (κ2) is 6.40. The molecule has 0 unspecified atom stereocenters. The van der Waals surface area contributed by atoms with Gasteiger partial charge in [-0.1, -0.05) is 11.3 Å². The van der Waals surface area contributed by atoms with Crippen LogP contribution in [-0.4, -0.2) is 46.8 Å². The fourth-order valence-corrected chi connectivity index (χ4v) is 3.17. The minimum atomic E-state index is 0.367. The van der Waals surface area contributed by atoms with Gasteiger partial charge in [-0.2, -0.15) is 0 Å². The summed E-state index contributed by atoms with van der Waals surface area (Å²) in [6.45, 7) is 5.19. The summed E-state index contributed by atoms with van der Waals surface area (Å²) < 4.78 is 0. The monoisotopic (exact) mass is 297 g/mol. The molecule has 2 rings (SSSR count). The molecule has 2 aromatic heterocycles. The van der Waals surface area contributed by atoms with Crippen LogP contribution in [0.1, 0.15) is 18.9 Å². The molecular weight excluding hydrogens is 278 g/mol. The lowest BCUT2D eigenvalue weighted by Gasteiger charge is -2.06. The van der Waals surface area contributed by atoms with Crippen LogP contribution < -0.4 is 5.32 Å². The topological polar surface area (TPSA) is 53.9 Å². The Kier molecular flexibility index (Phi) is 4.84. The zero-order valence-electron chi connectivity index (χ0n) is 11.7. The van der Waals surface area contributed by atoms with Crippen molar-refractivity contribution in [2.24, 2.45) is 0 Å². The van der Waals surface area contributed by atoms with Gasteiger partial charge in [0.15, 0.2) is 5.01 Å². The molecule has 0 spiro atoms. The van der Waals surface area contributed by atoms with Gasteiger partial charge in [0.25, 0.3) is 0 Å². The number of hydrogen-bond acceptors (Lipinski definition) is 7. The summed E-state index contributed by atoms with van der Waals surface area (Å²) in [6, 6.07) is 0.367. The summed E-state index contributed by atoms with van der Waals surface area (Å²) in [5.41, 5.74) is 0.938. The highest BCUT2D eigenvalue weighted by Gasteiger charge is 2.11. The smallest absolute Gasteiger partial charge is 0.206 e. The number of thiazole rings is 1. The highest BCUT2D eigenvalue weighted by molar-refractivity contribution is 7.18. The van der Waals surface area contributed by atoms with Crippen molar-refractivity contribution in [2.45, 2.75) is 26.3 Å². The van der Waals surface area contributed by atoms with E-state index in [0.29, 0.717) is 6.04 Å². The van der Waals surface area contributed by atoms with Gasteiger partial charge in [0.2, 0.25) is 5.13 Å². The summed E-state index contributed by atoms with van der Waals surface area (Å²) in [5, 5.41) is 16.5. The maximum Gasteiger partial charge on any atom is 0.206 e. The van der Waals surface area contributed by atoms with E-state index >= 15 is 0 Å². The molecule has 0 aromatic carbocycles. The van der Waals surface area contributed by atoms with E-state index in [-0.39, 0.29) is 0 Å². The molecule has 0 aliphatic heterocycles. The van der Waals surface area contributed by atoms with Crippen LogP contribution in [0.25, 0.3) is 10.7 Å². The van der Waals surface area contributed by atoms with Crippen molar-refractivity contribution in [3.8, 4) is 10.7 Å². The van der Waals surface area contributed by atoms with Gasteiger partial charge in [-0.25, -0.2) is 4.98 Å². The van der Waals surface area contributed by atoms with Gasteiger partial charge in [0.1, 0.15) is 5.69 Å². The summed E-state index contributed by atoms with van der Waals surface area (Å²) in [6.07, 6.45) is 0.980. The third kappa shape index (κ3) is 4.22. The number of hydrogen-bond donors (Lipinski definition) is 1. The average Bonchev–Trinajstić information content (AvgIpc) is 2.93. The summed E-state index contributed by atoms with van der Waals surface area (Å²) in [4.78, 5) is 6.78. The van der Waals surface area contributed by atoms with Gasteiger partial charge in [-0.3, -0.25) is 0 Å². The number of nitrogens with zero attached hydrogens (tertiary/aromatic N) is 4. The van der Waals surface area contributed by atoms with Crippen LogP contribution in [0.5, 0.6) is 0 Å². The second-order valence-electron chi connectivity index (χ2n) is 4.89. The van der Waals surface area contributed by atoms with Crippen LogP contribution in [0.4, 0.5) is 5.13 Å². The minimum Gasteiger partial charge on any atom is -0.358 e. The number of nitrogens with one attached hydrogen (secondary N) is 1. The Morgan fingerprint density at radius 1 is 1.32 bits per heavy atom. The Bertz CT molecular complexity index is 518. The Morgan fingerprint density at radius 2 is 2.11 bits per heavy atom. The molecule has 0 fully saturated rings.